The molecule has 1 aromatic carbocycles. The zero-order chi connectivity index (χ0) is 14.5. The van der Waals surface area contributed by atoms with Gasteiger partial charge in [0.1, 0.15) is 5.82 Å². The molecule has 1 N–H and O–H groups in total. The molecule has 1 amide bonds. The van der Waals surface area contributed by atoms with E-state index in [1.807, 2.05) is 14.0 Å². The number of rotatable bonds is 5. The van der Waals surface area contributed by atoms with Gasteiger partial charge in [0.25, 0.3) is 0 Å². The Bertz CT molecular complexity index is 440. The molecule has 0 spiro atoms. The van der Waals surface area contributed by atoms with E-state index in [2.05, 4.69) is 5.32 Å². The lowest BCUT2D eigenvalue weighted by atomic mass is 10.0. The molecule has 1 aliphatic heterocycles. The Balaban J connectivity index is 1.86. The van der Waals surface area contributed by atoms with Crippen LogP contribution in [0, 0.1) is 11.7 Å². The molecule has 2 unspecified atom stereocenters. The van der Waals surface area contributed by atoms with Crippen molar-refractivity contribution in [1.29, 1.82) is 0 Å². The Hall–Kier alpha value is -1.42. The van der Waals surface area contributed by atoms with E-state index in [0.717, 1.165) is 25.1 Å². The molecule has 0 bridgehead atoms. The van der Waals surface area contributed by atoms with Gasteiger partial charge in [-0.1, -0.05) is 12.1 Å². The second-order valence-corrected chi connectivity index (χ2v) is 5.63. The maximum Gasteiger partial charge on any atom is 0.222 e. The number of carbonyl (C=O) groups excluding carboxylic acids is 1. The predicted octanol–water partition coefficient (Wildman–Crippen LogP) is 2.73. The predicted molar refractivity (Wildman–Crippen MR) is 77.8 cm³/mol. The minimum Gasteiger partial charge on any atom is -0.339 e. The molecule has 1 heterocycles. The lowest BCUT2D eigenvalue weighted by molar-refractivity contribution is -0.132. The van der Waals surface area contributed by atoms with Crippen molar-refractivity contribution >= 4 is 5.91 Å². The smallest absolute Gasteiger partial charge is 0.222 e. The Morgan fingerprint density at radius 3 is 2.75 bits per heavy atom. The highest BCUT2D eigenvalue weighted by Gasteiger charge is 2.20. The van der Waals surface area contributed by atoms with Crippen LogP contribution < -0.4 is 5.32 Å². The lowest BCUT2D eigenvalue weighted by Gasteiger charge is -2.26. The van der Waals surface area contributed by atoms with Gasteiger partial charge in [-0.3, -0.25) is 4.79 Å². The molecule has 1 saturated heterocycles. The zero-order valence-corrected chi connectivity index (χ0v) is 12.2. The van der Waals surface area contributed by atoms with Gasteiger partial charge >= 0.3 is 0 Å². The van der Waals surface area contributed by atoms with Crippen molar-refractivity contribution in [3.05, 3.63) is 35.6 Å². The van der Waals surface area contributed by atoms with Crippen LogP contribution in [0.25, 0.3) is 0 Å². The van der Waals surface area contributed by atoms with Crippen molar-refractivity contribution in [2.24, 2.45) is 5.92 Å². The summed E-state index contributed by atoms with van der Waals surface area (Å²) in [7, 11) is 1.82. The van der Waals surface area contributed by atoms with Crippen LogP contribution in [0.1, 0.15) is 37.8 Å². The van der Waals surface area contributed by atoms with Crippen LogP contribution in [-0.4, -0.2) is 30.9 Å². The van der Waals surface area contributed by atoms with Crippen LogP contribution >= 0.6 is 0 Å². The maximum atomic E-state index is 12.9. The van der Waals surface area contributed by atoms with Gasteiger partial charge in [0.15, 0.2) is 0 Å². The van der Waals surface area contributed by atoms with E-state index in [1.165, 1.54) is 18.6 Å². The van der Waals surface area contributed by atoms with Gasteiger partial charge < -0.3 is 10.2 Å². The van der Waals surface area contributed by atoms with Crippen LogP contribution in [0.15, 0.2) is 24.3 Å². The molecule has 0 saturated carbocycles. The molecule has 0 radical (unpaired) electrons. The highest BCUT2D eigenvalue weighted by Crippen LogP contribution is 2.21. The highest BCUT2D eigenvalue weighted by atomic mass is 19.1. The average molecular weight is 278 g/mol. The Morgan fingerprint density at radius 1 is 1.45 bits per heavy atom. The third-order valence-corrected chi connectivity index (χ3v) is 4.26. The first-order valence-corrected chi connectivity index (χ1v) is 7.29. The summed E-state index contributed by atoms with van der Waals surface area (Å²) in [6, 6.07) is 6.34. The quantitative estimate of drug-likeness (QED) is 0.898. The zero-order valence-electron chi connectivity index (χ0n) is 12.2. The van der Waals surface area contributed by atoms with Gasteiger partial charge in [-0.05, 0) is 56.5 Å². The van der Waals surface area contributed by atoms with Gasteiger partial charge in [-0.25, -0.2) is 4.39 Å². The number of nitrogens with one attached hydrogen (secondary N) is 1. The van der Waals surface area contributed by atoms with E-state index >= 15 is 0 Å². The Morgan fingerprint density at radius 2 is 2.15 bits per heavy atom. The lowest BCUT2D eigenvalue weighted by Crippen LogP contribution is -2.30. The molecule has 20 heavy (non-hydrogen) atoms. The van der Waals surface area contributed by atoms with Crippen molar-refractivity contribution in [3.8, 4) is 0 Å². The van der Waals surface area contributed by atoms with Crippen LogP contribution in [0.3, 0.4) is 0 Å². The second kappa shape index (κ2) is 6.84. The van der Waals surface area contributed by atoms with E-state index in [4.69, 9.17) is 0 Å². The standard InChI is InChI=1S/C16H23FN2O/c1-12(14-4-6-15(17)7-5-14)19(2)16(20)8-3-13-9-10-18-11-13/h4-7,12-13,18H,3,8-11H2,1-2H3. The number of amides is 1. The summed E-state index contributed by atoms with van der Waals surface area (Å²) in [6.07, 6.45) is 2.71. The summed E-state index contributed by atoms with van der Waals surface area (Å²) in [5.41, 5.74) is 0.963. The molecular weight excluding hydrogens is 255 g/mol. The highest BCUT2D eigenvalue weighted by molar-refractivity contribution is 5.76. The van der Waals surface area contributed by atoms with Gasteiger partial charge in [-0.2, -0.15) is 0 Å². The van der Waals surface area contributed by atoms with Crippen LogP contribution in [-0.2, 0) is 4.79 Å². The normalized spacial score (nSPS) is 19.9. The first-order valence-electron chi connectivity index (χ1n) is 7.29. The van der Waals surface area contributed by atoms with Gasteiger partial charge in [0, 0.05) is 13.5 Å². The average Bonchev–Trinajstić information content (AvgIpc) is 2.97. The Kier molecular flexibility index (Phi) is 5.12. The fourth-order valence-electron chi connectivity index (χ4n) is 2.65. The molecule has 1 fully saturated rings. The molecule has 0 aromatic heterocycles. The van der Waals surface area contributed by atoms with E-state index in [-0.39, 0.29) is 17.8 Å². The summed E-state index contributed by atoms with van der Waals surface area (Å²) in [5.74, 6) is 0.547. The van der Waals surface area contributed by atoms with E-state index in [9.17, 15) is 9.18 Å². The summed E-state index contributed by atoms with van der Waals surface area (Å²) >= 11 is 0. The van der Waals surface area contributed by atoms with Crippen molar-refractivity contribution in [2.75, 3.05) is 20.1 Å². The molecule has 1 aliphatic rings. The third-order valence-electron chi connectivity index (χ3n) is 4.26. The molecule has 110 valence electrons. The first-order chi connectivity index (χ1) is 9.58. The van der Waals surface area contributed by atoms with Crippen molar-refractivity contribution in [2.45, 2.75) is 32.2 Å². The van der Waals surface area contributed by atoms with Gasteiger partial charge in [-0.15, -0.1) is 0 Å². The van der Waals surface area contributed by atoms with E-state index in [1.54, 1.807) is 17.0 Å². The van der Waals surface area contributed by atoms with Crippen LogP contribution in [0.2, 0.25) is 0 Å². The van der Waals surface area contributed by atoms with Crippen LogP contribution in [0.4, 0.5) is 4.39 Å². The fourth-order valence-corrected chi connectivity index (χ4v) is 2.65. The van der Waals surface area contributed by atoms with E-state index in [0.29, 0.717) is 12.3 Å². The first kappa shape index (κ1) is 15.0. The van der Waals surface area contributed by atoms with E-state index < -0.39 is 0 Å². The number of carbonyl (C=O) groups is 1. The maximum absolute atomic E-state index is 12.9. The monoisotopic (exact) mass is 278 g/mol. The van der Waals surface area contributed by atoms with Gasteiger partial charge in [0.05, 0.1) is 6.04 Å². The minimum absolute atomic E-state index is 0.0233. The molecule has 4 heteroatoms. The van der Waals surface area contributed by atoms with Crippen molar-refractivity contribution < 1.29 is 9.18 Å². The third kappa shape index (κ3) is 3.79. The molecule has 3 nitrogen and oxygen atoms in total. The molecule has 0 aliphatic carbocycles. The van der Waals surface area contributed by atoms with Crippen LogP contribution in [0.5, 0.6) is 0 Å². The summed E-state index contributed by atoms with van der Waals surface area (Å²) in [6.45, 7) is 4.08. The number of nitrogens with zero attached hydrogens (tertiary/aromatic N) is 1. The number of benzene rings is 1. The largest absolute Gasteiger partial charge is 0.339 e. The Labute approximate surface area is 120 Å². The SMILES string of the molecule is CC(c1ccc(F)cc1)N(C)C(=O)CCC1CCNC1. The topological polar surface area (TPSA) is 32.3 Å². The fraction of sp³-hybridized carbons (Fsp3) is 0.562. The second-order valence-electron chi connectivity index (χ2n) is 5.63. The molecule has 2 rings (SSSR count). The number of halogens is 1. The molecule has 2 atom stereocenters. The summed E-state index contributed by atoms with van der Waals surface area (Å²) in [4.78, 5) is 14.0. The number of hydrogen-bond acceptors (Lipinski definition) is 2. The summed E-state index contributed by atoms with van der Waals surface area (Å²) in [5, 5.41) is 3.32. The van der Waals surface area contributed by atoms with Crippen molar-refractivity contribution in [3.63, 3.8) is 0 Å². The molecular formula is C16H23FN2O. The minimum atomic E-state index is -0.247. The number of hydrogen-bond donors (Lipinski definition) is 1. The van der Waals surface area contributed by atoms with Crippen molar-refractivity contribution in [1.82, 2.24) is 10.2 Å². The van der Waals surface area contributed by atoms with Gasteiger partial charge in [0.2, 0.25) is 5.91 Å². The summed E-state index contributed by atoms with van der Waals surface area (Å²) < 4.78 is 12.9. The molecule has 1 aromatic rings.